The Morgan fingerprint density at radius 1 is 1.42 bits per heavy atom. The van der Waals surface area contributed by atoms with Crippen LogP contribution in [0.15, 0.2) is 29.4 Å². The van der Waals surface area contributed by atoms with Gasteiger partial charge in [-0.15, -0.1) is 0 Å². The lowest BCUT2D eigenvalue weighted by atomic mass is 10.2. The van der Waals surface area contributed by atoms with Crippen molar-refractivity contribution in [3.05, 3.63) is 29.8 Å². The van der Waals surface area contributed by atoms with Crippen molar-refractivity contribution in [1.82, 2.24) is 0 Å². The highest BCUT2D eigenvalue weighted by Gasteiger charge is 1.87. The van der Waals surface area contributed by atoms with Crippen LogP contribution >= 0.6 is 0 Å². The predicted octanol–water partition coefficient (Wildman–Crippen LogP) is 1.76. The molecule has 1 rings (SSSR count). The van der Waals surface area contributed by atoms with Crippen LogP contribution in [0, 0.1) is 0 Å². The van der Waals surface area contributed by atoms with Crippen LogP contribution < -0.4 is 0 Å². The summed E-state index contributed by atoms with van der Waals surface area (Å²) in [5, 5.41) is 12.6. The normalized spacial score (nSPS) is 10.4. The Morgan fingerprint density at radius 3 is 2.67 bits per heavy atom. The molecule has 0 unspecified atom stereocenters. The number of benzene rings is 1. The predicted molar refractivity (Wildman–Crippen MR) is 47.3 cm³/mol. The van der Waals surface area contributed by atoms with Gasteiger partial charge in [-0.2, -0.15) is 0 Å². The molecule has 0 heterocycles. The van der Waals surface area contributed by atoms with Crippen LogP contribution in [0.2, 0.25) is 0 Å². The molecule has 0 aromatic heterocycles. The minimum absolute atomic E-state index is 0.253. The molecule has 64 valence electrons. The summed E-state index contributed by atoms with van der Waals surface area (Å²) < 4.78 is 0. The topological polar surface area (TPSA) is 41.8 Å². The van der Waals surface area contributed by atoms with E-state index in [1.165, 1.54) is 0 Å². The molecule has 3 nitrogen and oxygen atoms in total. The molecule has 0 aliphatic heterocycles. The fourth-order valence-corrected chi connectivity index (χ4v) is 0.733. The molecule has 12 heavy (non-hydrogen) atoms. The Kier molecular flexibility index (Phi) is 3.14. The zero-order chi connectivity index (χ0) is 8.81. The van der Waals surface area contributed by atoms with Crippen molar-refractivity contribution in [3.8, 4) is 5.75 Å². The summed E-state index contributed by atoms with van der Waals surface area (Å²) in [5.41, 5.74) is 0.904. The Balaban J connectivity index is 2.58. The van der Waals surface area contributed by atoms with Gasteiger partial charge >= 0.3 is 0 Å². The zero-order valence-corrected chi connectivity index (χ0v) is 6.90. The number of phenolic OH excluding ortho intramolecular Hbond substituents is 1. The molecule has 0 saturated carbocycles. The summed E-state index contributed by atoms with van der Waals surface area (Å²) in [6.07, 6.45) is 1.60. The summed E-state index contributed by atoms with van der Waals surface area (Å²) >= 11 is 0. The molecule has 0 fully saturated rings. The van der Waals surface area contributed by atoms with Crippen molar-refractivity contribution >= 4 is 6.21 Å². The van der Waals surface area contributed by atoms with Gasteiger partial charge in [-0.05, 0) is 36.8 Å². The first-order valence-corrected chi connectivity index (χ1v) is 3.77. The van der Waals surface area contributed by atoms with E-state index in [0.29, 0.717) is 6.61 Å². The van der Waals surface area contributed by atoms with E-state index in [1.54, 1.807) is 30.5 Å². The molecule has 0 amide bonds. The second-order valence-electron chi connectivity index (χ2n) is 2.24. The molecule has 1 aromatic rings. The van der Waals surface area contributed by atoms with Crippen LogP contribution in [-0.4, -0.2) is 17.9 Å². The lowest BCUT2D eigenvalue weighted by Crippen LogP contribution is -1.83. The first-order valence-electron chi connectivity index (χ1n) is 3.77. The summed E-state index contributed by atoms with van der Waals surface area (Å²) in [7, 11) is 0. The average molecular weight is 165 g/mol. The van der Waals surface area contributed by atoms with Gasteiger partial charge in [-0.1, -0.05) is 5.16 Å². The molecule has 0 saturated heterocycles. The summed E-state index contributed by atoms with van der Waals surface area (Å²) in [6, 6.07) is 6.73. The van der Waals surface area contributed by atoms with E-state index in [9.17, 15) is 0 Å². The fourth-order valence-electron chi connectivity index (χ4n) is 0.733. The van der Waals surface area contributed by atoms with Crippen LogP contribution in [-0.2, 0) is 4.84 Å². The smallest absolute Gasteiger partial charge is 0.115 e. The van der Waals surface area contributed by atoms with Gasteiger partial charge in [0.25, 0.3) is 0 Å². The summed E-state index contributed by atoms with van der Waals surface area (Å²) in [5.74, 6) is 0.253. The summed E-state index contributed by atoms with van der Waals surface area (Å²) in [6.45, 7) is 2.43. The second kappa shape index (κ2) is 4.38. The second-order valence-corrected chi connectivity index (χ2v) is 2.24. The van der Waals surface area contributed by atoms with Crippen LogP contribution in [0.4, 0.5) is 0 Å². The molecule has 0 spiro atoms. The van der Waals surface area contributed by atoms with Gasteiger partial charge in [0.05, 0.1) is 6.21 Å². The third-order valence-corrected chi connectivity index (χ3v) is 1.30. The Bertz CT molecular complexity index is 254. The van der Waals surface area contributed by atoms with E-state index in [2.05, 4.69) is 5.16 Å². The standard InChI is InChI=1S/C9H11NO2/c1-2-12-10-7-8-3-5-9(11)6-4-8/h3-7,11H,2H2,1H3. The van der Waals surface area contributed by atoms with Crippen molar-refractivity contribution in [2.75, 3.05) is 6.61 Å². The number of hydrogen-bond donors (Lipinski definition) is 1. The Morgan fingerprint density at radius 2 is 2.08 bits per heavy atom. The highest BCUT2D eigenvalue weighted by atomic mass is 16.6. The maximum absolute atomic E-state index is 8.95. The van der Waals surface area contributed by atoms with Crippen LogP contribution in [0.1, 0.15) is 12.5 Å². The molecular formula is C9H11NO2. The van der Waals surface area contributed by atoms with E-state index in [0.717, 1.165) is 5.56 Å². The largest absolute Gasteiger partial charge is 0.508 e. The van der Waals surface area contributed by atoms with Gasteiger partial charge in [0, 0.05) is 0 Å². The first-order chi connectivity index (χ1) is 5.83. The number of hydrogen-bond acceptors (Lipinski definition) is 3. The van der Waals surface area contributed by atoms with Gasteiger partial charge in [0.2, 0.25) is 0 Å². The van der Waals surface area contributed by atoms with Gasteiger partial charge in [-0.25, -0.2) is 0 Å². The highest BCUT2D eigenvalue weighted by Crippen LogP contribution is 2.07. The van der Waals surface area contributed by atoms with Crippen molar-refractivity contribution in [3.63, 3.8) is 0 Å². The average Bonchev–Trinajstić information content (AvgIpc) is 2.09. The van der Waals surface area contributed by atoms with Crippen molar-refractivity contribution in [2.45, 2.75) is 6.92 Å². The van der Waals surface area contributed by atoms with Gasteiger partial charge in [-0.3, -0.25) is 0 Å². The number of rotatable bonds is 3. The Labute approximate surface area is 71.3 Å². The molecular weight excluding hydrogens is 154 g/mol. The number of aromatic hydroxyl groups is 1. The quantitative estimate of drug-likeness (QED) is 0.547. The third kappa shape index (κ3) is 2.62. The lowest BCUT2D eigenvalue weighted by molar-refractivity contribution is 0.160. The highest BCUT2D eigenvalue weighted by molar-refractivity contribution is 5.79. The van der Waals surface area contributed by atoms with Crippen LogP contribution in [0.5, 0.6) is 5.75 Å². The SMILES string of the molecule is CCON=Cc1ccc(O)cc1. The van der Waals surface area contributed by atoms with Crippen molar-refractivity contribution in [1.29, 1.82) is 0 Å². The zero-order valence-electron chi connectivity index (χ0n) is 6.90. The molecule has 0 radical (unpaired) electrons. The van der Waals surface area contributed by atoms with Crippen molar-refractivity contribution in [2.24, 2.45) is 5.16 Å². The fraction of sp³-hybridized carbons (Fsp3) is 0.222. The van der Waals surface area contributed by atoms with Crippen molar-refractivity contribution < 1.29 is 9.94 Å². The van der Waals surface area contributed by atoms with Gasteiger partial charge in [0.1, 0.15) is 12.4 Å². The van der Waals surface area contributed by atoms with Gasteiger partial charge in [0.15, 0.2) is 0 Å². The van der Waals surface area contributed by atoms with E-state index in [1.807, 2.05) is 6.92 Å². The summed E-state index contributed by atoms with van der Waals surface area (Å²) in [4.78, 5) is 4.77. The lowest BCUT2D eigenvalue weighted by Gasteiger charge is -1.93. The molecule has 3 heteroatoms. The maximum Gasteiger partial charge on any atom is 0.115 e. The first kappa shape index (κ1) is 8.59. The number of phenols is 1. The Hall–Kier alpha value is -1.51. The third-order valence-electron chi connectivity index (χ3n) is 1.30. The van der Waals surface area contributed by atoms with Crippen LogP contribution in [0.3, 0.4) is 0 Å². The molecule has 0 aliphatic carbocycles. The number of oxime groups is 1. The number of nitrogens with zero attached hydrogens (tertiary/aromatic N) is 1. The monoisotopic (exact) mass is 165 g/mol. The molecule has 0 bridgehead atoms. The van der Waals surface area contributed by atoms with Crippen LogP contribution in [0.25, 0.3) is 0 Å². The van der Waals surface area contributed by atoms with E-state index < -0.39 is 0 Å². The molecule has 1 aromatic carbocycles. The molecule has 0 atom stereocenters. The molecule has 1 N–H and O–H groups in total. The minimum Gasteiger partial charge on any atom is -0.508 e. The minimum atomic E-state index is 0.253. The maximum atomic E-state index is 8.95. The van der Waals surface area contributed by atoms with E-state index >= 15 is 0 Å². The molecule has 0 aliphatic rings. The van der Waals surface area contributed by atoms with E-state index in [4.69, 9.17) is 9.94 Å². The van der Waals surface area contributed by atoms with Gasteiger partial charge < -0.3 is 9.94 Å². The van der Waals surface area contributed by atoms with E-state index in [-0.39, 0.29) is 5.75 Å².